The molecule has 1 N–H and O–H groups in total. The number of nitrogens with one attached hydrogen (secondary N) is 1. The molecule has 0 radical (unpaired) electrons. The molecule has 0 saturated carbocycles. The maximum Gasteiger partial charge on any atom is 0.226 e. The molecule has 1 aromatic carbocycles. The van der Waals surface area contributed by atoms with Gasteiger partial charge in [0.05, 0.1) is 7.11 Å². The van der Waals surface area contributed by atoms with E-state index < -0.39 is 0 Å². The number of ether oxygens (including phenoxy) is 1. The minimum Gasteiger partial charge on any atom is -0.497 e. The molecule has 0 aromatic heterocycles. The molecule has 0 bridgehead atoms. The summed E-state index contributed by atoms with van der Waals surface area (Å²) in [6.45, 7) is 4.84. The highest BCUT2D eigenvalue weighted by molar-refractivity contribution is 5.93. The number of anilines is 1. The Morgan fingerprint density at radius 2 is 2.29 bits per heavy atom. The van der Waals surface area contributed by atoms with Crippen molar-refractivity contribution in [2.24, 2.45) is 5.92 Å². The van der Waals surface area contributed by atoms with Crippen molar-refractivity contribution in [1.29, 1.82) is 0 Å². The molecule has 1 fully saturated rings. The Hall–Kier alpha value is -1.26. The third-order valence-corrected chi connectivity index (χ3v) is 3.91. The van der Waals surface area contributed by atoms with Gasteiger partial charge in [0.15, 0.2) is 0 Å². The zero-order chi connectivity index (χ0) is 14.4. The van der Waals surface area contributed by atoms with E-state index in [1.54, 1.807) is 7.11 Å². The van der Waals surface area contributed by atoms with E-state index in [0.29, 0.717) is 18.9 Å². The van der Waals surface area contributed by atoms with Crippen molar-refractivity contribution in [2.45, 2.75) is 26.2 Å². The van der Waals surface area contributed by atoms with Crippen LogP contribution in [0.5, 0.6) is 5.75 Å². The van der Waals surface area contributed by atoms with Crippen LogP contribution in [0, 0.1) is 5.92 Å². The van der Waals surface area contributed by atoms with Gasteiger partial charge in [-0.15, -0.1) is 12.4 Å². The summed E-state index contributed by atoms with van der Waals surface area (Å²) >= 11 is 0. The van der Waals surface area contributed by atoms with Crippen molar-refractivity contribution in [2.75, 3.05) is 31.6 Å². The smallest absolute Gasteiger partial charge is 0.226 e. The highest BCUT2D eigenvalue weighted by atomic mass is 35.5. The lowest BCUT2D eigenvalue weighted by Crippen LogP contribution is -2.30. The van der Waals surface area contributed by atoms with E-state index >= 15 is 0 Å². The molecular weight excluding hydrogens is 288 g/mol. The second-order valence-corrected chi connectivity index (χ2v) is 5.24. The summed E-state index contributed by atoms with van der Waals surface area (Å²) < 4.78 is 5.22. The van der Waals surface area contributed by atoms with Gasteiger partial charge in [-0.05, 0) is 50.9 Å². The van der Waals surface area contributed by atoms with Crippen LogP contribution < -0.4 is 15.0 Å². The van der Waals surface area contributed by atoms with Crippen LogP contribution in [0.1, 0.15) is 26.2 Å². The number of nitrogens with zero attached hydrogens (tertiary/aromatic N) is 1. The second kappa shape index (κ2) is 8.90. The van der Waals surface area contributed by atoms with Crippen LogP contribution in [-0.2, 0) is 4.79 Å². The molecule has 1 unspecified atom stereocenters. The van der Waals surface area contributed by atoms with Crippen molar-refractivity contribution in [3.8, 4) is 5.75 Å². The van der Waals surface area contributed by atoms with Crippen molar-refractivity contribution in [3.05, 3.63) is 24.3 Å². The second-order valence-electron chi connectivity index (χ2n) is 5.24. The fourth-order valence-corrected chi connectivity index (χ4v) is 2.70. The number of halogens is 1. The Labute approximate surface area is 133 Å². The van der Waals surface area contributed by atoms with Crippen LogP contribution in [0.25, 0.3) is 0 Å². The third-order valence-electron chi connectivity index (χ3n) is 3.91. The molecule has 1 aliphatic rings. The topological polar surface area (TPSA) is 41.6 Å². The van der Waals surface area contributed by atoms with E-state index in [0.717, 1.165) is 30.9 Å². The normalized spacial score (nSPS) is 17.1. The van der Waals surface area contributed by atoms with E-state index in [2.05, 4.69) is 5.32 Å². The number of hydrogen-bond acceptors (Lipinski definition) is 3. The van der Waals surface area contributed by atoms with E-state index in [-0.39, 0.29) is 18.3 Å². The molecule has 1 aromatic rings. The lowest BCUT2D eigenvalue weighted by atomic mass is 10.0. The molecule has 1 atom stereocenters. The quantitative estimate of drug-likeness (QED) is 0.878. The highest BCUT2D eigenvalue weighted by Gasteiger charge is 2.19. The Bertz CT molecular complexity index is 448. The molecule has 1 saturated heterocycles. The summed E-state index contributed by atoms with van der Waals surface area (Å²) in [5, 5.41) is 3.34. The average Bonchev–Trinajstić information content (AvgIpc) is 2.99. The fraction of sp³-hybridized carbons (Fsp3) is 0.562. The number of benzene rings is 1. The molecular formula is C16H25ClN2O2. The number of amides is 1. The summed E-state index contributed by atoms with van der Waals surface area (Å²) in [4.78, 5) is 14.2. The van der Waals surface area contributed by atoms with Gasteiger partial charge in [0, 0.05) is 24.7 Å². The standard InChI is InChI=1S/C16H24N2O2.ClH/c1-3-18(14-5-4-6-15(11-14)20-2)16(19)8-7-13-9-10-17-12-13;/h4-6,11,13,17H,3,7-10,12H2,1-2H3;1H. The molecule has 1 heterocycles. The first-order valence-electron chi connectivity index (χ1n) is 7.39. The molecule has 4 nitrogen and oxygen atoms in total. The predicted octanol–water partition coefficient (Wildman–Crippen LogP) is 2.86. The SMILES string of the molecule is CCN(C(=O)CCC1CCNC1)c1cccc(OC)c1.Cl. The minimum atomic E-state index is 0. The number of methoxy groups -OCH3 is 1. The zero-order valence-corrected chi connectivity index (χ0v) is 13.6. The lowest BCUT2D eigenvalue weighted by molar-refractivity contribution is -0.118. The van der Waals surface area contributed by atoms with Gasteiger partial charge in [0.1, 0.15) is 5.75 Å². The summed E-state index contributed by atoms with van der Waals surface area (Å²) in [6, 6.07) is 7.69. The molecule has 1 aliphatic heterocycles. The first-order valence-corrected chi connectivity index (χ1v) is 7.39. The monoisotopic (exact) mass is 312 g/mol. The van der Waals surface area contributed by atoms with Crippen molar-refractivity contribution in [1.82, 2.24) is 5.32 Å². The van der Waals surface area contributed by atoms with Gasteiger partial charge in [-0.2, -0.15) is 0 Å². The van der Waals surface area contributed by atoms with Crippen LogP contribution in [-0.4, -0.2) is 32.7 Å². The van der Waals surface area contributed by atoms with E-state index in [4.69, 9.17) is 4.74 Å². The molecule has 2 rings (SSSR count). The molecule has 1 amide bonds. The first-order chi connectivity index (χ1) is 9.74. The summed E-state index contributed by atoms with van der Waals surface area (Å²) in [5.74, 6) is 1.64. The molecule has 118 valence electrons. The Morgan fingerprint density at radius 1 is 1.48 bits per heavy atom. The highest BCUT2D eigenvalue weighted by Crippen LogP contribution is 2.23. The van der Waals surface area contributed by atoms with Gasteiger partial charge in [0.25, 0.3) is 0 Å². The molecule has 0 spiro atoms. The zero-order valence-electron chi connectivity index (χ0n) is 12.8. The average molecular weight is 313 g/mol. The van der Waals surface area contributed by atoms with Crippen molar-refractivity contribution in [3.63, 3.8) is 0 Å². The van der Waals surface area contributed by atoms with Gasteiger partial charge in [-0.25, -0.2) is 0 Å². The number of carbonyl (C=O) groups is 1. The summed E-state index contributed by atoms with van der Waals surface area (Å²) in [7, 11) is 1.64. The van der Waals surface area contributed by atoms with E-state index in [9.17, 15) is 4.79 Å². The lowest BCUT2D eigenvalue weighted by Gasteiger charge is -2.22. The Morgan fingerprint density at radius 3 is 2.90 bits per heavy atom. The van der Waals surface area contributed by atoms with Crippen molar-refractivity contribution >= 4 is 24.0 Å². The van der Waals surface area contributed by atoms with E-state index in [1.165, 1.54) is 6.42 Å². The van der Waals surface area contributed by atoms with Crippen LogP contribution in [0.4, 0.5) is 5.69 Å². The van der Waals surface area contributed by atoms with Crippen LogP contribution in [0.2, 0.25) is 0 Å². The Kier molecular flexibility index (Phi) is 7.54. The minimum absolute atomic E-state index is 0. The number of rotatable bonds is 6. The predicted molar refractivity (Wildman–Crippen MR) is 88.5 cm³/mol. The molecule has 21 heavy (non-hydrogen) atoms. The summed E-state index contributed by atoms with van der Waals surface area (Å²) in [5.41, 5.74) is 0.918. The van der Waals surface area contributed by atoms with Crippen molar-refractivity contribution < 1.29 is 9.53 Å². The van der Waals surface area contributed by atoms with E-state index in [1.807, 2.05) is 36.1 Å². The van der Waals surface area contributed by atoms with Crippen LogP contribution in [0.15, 0.2) is 24.3 Å². The van der Waals surface area contributed by atoms with Gasteiger partial charge in [0.2, 0.25) is 5.91 Å². The molecule has 0 aliphatic carbocycles. The summed E-state index contributed by atoms with van der Waals surface area (Å²) in [6.07, 6.45) is 2.79. The maximum absolute atomic E-state index is 12.4. The first kappa shape index (κ1) is 17.8. The van der Waals surface area contributed by atoms with Gasteiger partial charge >= 0.3 is 0 Å². The fourth-order valence-electron chi connectivity index (χ4n) is 2.70. The number of carbonyl (C=O) groups excluding carboxylic acids is 1. The van der Waals surface area contributed by atoms with Crippen LogP contribution >= 0.6 is 12.4 Å². The van der Waals surface area contributed by atoms with Gasteiger partial charge in [-0.1, -0.05) is 6.07 Å². The Balaban J connectivity index is 0.00000220. The largest absolute Gasteiger partial charge is 0.497 e. The van der Waals surface area contributed by atoms with Gasteiger partial charge < -0.3 is 15.0 Å². The molecule has 5 heteroatoms. The maximum atomic E-state index is 12.4. The van der Waals surface area contributed by atoms with Crippen LogP contribution in [0.3, 0.4) is 0 Å². The third kappa shape index (κ3) is 4.90. The van der Waals surface area contributed by atoms with Gasteiger partial charge in [-0.3, -0.25) is 4.79 Å². The number of hydrogen-bond donors (Lipinski definition) is 1.